The molecule has 0 aliphatic heterocycles. The molecule has 1 amide bonds. The number of para-hydroxylation sites is 1. The van der Waals surface area contributed by atoms with Gasteiger partial charge in [-0.3, -0.25) is 4.79 Å². The van der Waals surface area contributed by atoms with Gasteiger partial charge in [0.1, 0.15) is 0 Å². The van der Waals surface area contributed by atoms with Crippen molar-refractivity contribution >= 4 is 16.8 Å². The van der Waals surface area contributed by atoms with Crippen molar-refractivity contribution in [2.24, 2.45) is 7.05 Å². The molecule has 0 aliphatic carbocycles. The highest BCUT2D eigenvalue weighted by Gasteiger charge is 2.12. The summed E-state index contributed by atoms with van der Waals surface area (Å²) in [5.74, 6) is -0.0348. The van der Waals surface area contributed by atoms with Gasteiger partial charge in [0, 0.05) is 30.7 Å². The molecule has 1 aromatic heterocycles. The van der Waals surface area contributed by atoms with E-state index in [4.69, 9.17) is 0 Å². The molecule has 106 valence electrons. The Balaban J connectivity index is 1.79. The second kappa shape index (κ2) is 5.44. The van der Waals surface area contributed by atoms with Gasteiger partial charge in [0.05, 0.1) is 5.56 Å². The summed E-state index contributed by atoms with van der Waals surface area (Å²) in [6, 6.07) is 16.1. The molecular formula is C18H18N2O. The normalized spacial score (nSPS) is 10.8. The fourth-order valence-corrected chi connectivity index (χ4v) is 2.51. The van der Waals surface area contributed by atoms with E-state index < -0.39 is 0 Å². The second-order valence-corrected chi connectivity index (χ2v) is 5.34. The zero-order chi connectivity index (χ0) is 14.8. The third kappa shape index (κ3) is 2.68. The van der Waals surface area contributed by atoms with E-state index in [0.717, 1.165) is 22.0 Å². The summed E-state index contributed by atoms with van der Waals surface area (Å²) in [5.41, 5.74) is 4.12. The molecule has 0 spiro atoms. The summed E-state index contributed by atoms with van der Waals surface area (Å²) in [7, 11) is 1.96. The molecule has 0 saturated heterocycles. The molecule has 0 bridgehead atoms. The molecule has 0 fully saturated rings. The molecule has 3 heteroatoms. The number of aryl methyl sites for hydroxylation is 2. The van der Waals surface area contributed by atoms with Gasteiger partial charge in [-0.15, -0.1) is 0 Å². The average Bonchev–Trinajstić information content (AvgIpc) is 2.84. The van der Waals surface area contributed by atoms with Crippen molar-refractivity contribution in [1.82, 2.24) is 9.88 Å². The Morgan fingerprint density at radius 2 is 1.81 bits per heavy atom. The Morgan fingerprint density at radius 3 is 2.57 bits per heavy atom. The van der Waals surface area contributed by atoms with E-state index in [9.17, 15) is 4.79 Å². The lowest BCUT2D eigenvalue weighted by atomic mass is 10.1. The van der Waals surface area contributed by atoms with E-state index in [1.54, 1.807) is 0 Å². The Labute approximate surface area is 124 Å². The van der Waals surface area contributed by atoms with Crippen LogP contribution in [-0.4, -0.2) is 10.5 Å². The monoisotopic (exact) mass is 278 g/mol. The second-order valence-electron chi connectivity index (χ2n) is 5.34. The van der Waals surface area contributed by atoms with Crippen molar-refractivity contribution in [3.8, 4) is 0 Å². The van der Waals surface area contributed by atoms with Gasteiger partial charge in [-0.1, -0.05) is 48.0 Å². The van der Waals surface area contributed by atoms with Gasteiger partial charge >= 0.3 is 0 Å². The number of hydrogen-bond donors (Lipinski definition) is 1. The lowest BCUT2D eigenvalue weighted by molar-refractivity contribution is 0.0952. The minimum atomic E-state index is -0.0348. The maximum absolute atomic E-state index is 12.4. The Hall–Kier alpha value is -2.55. The molecule has 0 unspecified atom stereocenters. The van der Waals surface area contributed by atoms with Gasteiger partial charge in [-0.2, -0.15) is 0 Å². The summed E-state index contributed by atoms with van der Waals surface area (Å²) in [6.45, 7) is 2.60. The molecular weight excluding hydrogens is 260 g/mol. The van der Waals surface area contributed by atoms with Gasteiger partial charge in [0.15, 0.2) is 0 Å². The highest BCUT2D eigenvalue weighted by Crippen LogP contribution is 2.20. The summed E-state index contributed by atoms with van der Waals surface area (Å²) >= 11 is 0. The minimum absolute atomic E-state index is 0.0348. The van der Waals surface area contributed by atoms with Crippen molar-refractivity contribution in [3.63, 3.8) is 0 Å². The molecule has 3 nitrogen and oxygen atoms in total. The van der Waals surface area contributed by atoms with Crippen LogP contribution in [0.15, 0.2) is 54.7 Å². The standard InChI is InChI=1S/C18H18N2O/c1-13-7-9-14(10-8-13)11-19-18(21)16-12-20(2)17-6-4-3-5-15(16)17/h3-10,12H,11H2,1-2H3,(H,19,21). The van der Waals surface area contributed by atoms with Gasteiger partial charge in [-0.25, -0.2) is 0 Å². The maximum Gasteiger partial charge on any atom is 0.253 e. The number of hydrogen-bond acceptors (Lipinski definition) is 1. The van der Waals surface area contributed by atoms with E-state index in [2.05, 4.69) is 24.4 Å². The smallest absolute Gasteiger partial charge is 0.253 e. The fraction of sp³-hybridized carbons (Fsp3) is 0.167. The van der Waals surface area contributed by atoms with Crippen LogP contribution in [0.25, 0.3) is 10.9 Å². The predicted octanol–water partition coefficient (Wildman–Crippen LogP) is 3.42. The van der Waals surface area contributed by atoms with Crippen molar-refractivity contribution in [2.45, 2.75) is 13.5 Å². The van der Waals surface area contributed by atoms with Crippen molar-refractivity contribution in [3.05, 3.63) is 71.4 Å². The summed E-state index contributed by atoms with van der Waals surface area (Å²) in [4.78, 5) is 12.4. The first-order chi connectivity index (χ1) is 10.1. The largest absolute Gasteiger partial charge is 0.350 e. The molecule has 0 saturated carbocycles. The summed E-state index contributed by atoms with van der Waals surface area (Å²) in [5, 5.41) is 3.98. The minimum Gasteiger partial charge on any atom is -0.350 e. The molecule has 2 aromatic carbocycles. The number of carbonyl (C=O) groups is 1. The number of amides is 1. The summed E-state index contributed by atoms with van der Waals surface area (Å²) < 4.78 is 1.98. The van der Waals surface area contributed by atoms with Crippen LogP contribution in [0.5, 0.6) is 0 Å². The molecule has 1 N–H and O–H groups in total. The number of nitrogens with one attached hydrogen (secondary N) is 1. The Kier molecular flexibility index (Phi) is 3.48. The topological polar surface area (TPSA) is 34.0 Å². The molecule has 1 heterocycles. The number of nitrogens with zero attached hydrogens (tertiary/aromatic N) is 1. The first-order valence-corrected chi connectivity index (χ1v) is 7.03. The zero-order valence-corrected chi connectivity index (χ0v) is 12.3. The lowest BCUT2D eigenvalue weighted by Crippen LogP contribution is -2.22. The average molecular weight is 278 g/mol. The van der Waals surface area contributed by atoms with Gasteiger partial charge in [0.25, 0.3) is 5.91 Å². The quantitative estimate of drug-likeness (QED) is 0.782. The van der Waals surface area contributed by atoms with Crippen molar-refractivity contribution in [2.75, 3.05) is 0 Å². The molecule has 0 aliphatic rings. The van der Waals surface area contributed by atoms with E-state index >= 15 is 0 Å². The van der Waals surface area contributed by atoms with Gasteiger partial charge < -0.3 is 9.88 Å². The van der Waals surface area contributed by atoms with Gasteiger partial charge in [0.2, 0.25) is 0 Å². The van der Waals surface area contributed by atoms with Crippen LogP contribution in [0.1, 0.15) is 21.5 Å². The highest BCUT2D eigenvalue weighted by molar-refractivity contribution is 6.06. The van der Waals surface area contributed by atoms with E-state index in [1.807, 2.05) is 54.2 Å². The number of rotatable bonds is 3. The predicted molar refractivity (Wildman–Crippen MR) is 85.3 cm³/mol. The highest BCUT2D eigenvalue weighted by atomic mass is 16.1. The number of fused-ring (bicyclic) bond motifs is 1. The van der Waals surface area contributed by atoms with E-state index in [0.29, 0.717) is 6.54 Å². The van der Waals surface area contributed by atoms with Crippen molar-refractivity contribution < 1.29 is 4.79 Å². The summed E-state index contributed by atoms with van der Waals surface area (Å²) in [6.07, 6.45) is 1.88. The van der Waals surface area contributed by atoms with E-state index in [1.165, 1.54) is 5.56 Å². The molecule has 0 radical (unpaired) electrons. The number of aromatic nitrogens is 1. The van der Waals surface area contributed by atoms with Crippen LogP contribution in [0.4, 0.5) is 0 Å². The molecule has 0 atom stereocenters. The first-order valence-electron chi connectivity index (χ1n) is 7.03. The molecule has 21 heavy (non-hydrogen) atoms. The van der Waals surface area contributed by atoms with Crippen LogP contribution in [0.2, 0.25) is 0 Å². The van der Waals surface area contributed by atoms with Crippen LogP contribution in [0, 0.1) is 6.92 Å². The third-order valence-corrected chi connectivity index (χ3v) is 3.72. The number of benzene rings is 2. The lowest BCUT2D eigenvalue weighted by Gasteiger charge is -2.05. The maximum atomic E-state index is 12.4. The van der Waals surface area contributed by atoms with Crippen LogP contribution < -0.4 is 5.32 Å². The first kappa shape index (κ1) is 13.4. The number of carbonyl (C=O) groups excluding carboxylic acids is 1. The SMILES string of the molecule is Cc1ccc(CNC(=O)c2cn(C)c3ccccc23)cc1. The van der Waals surface area contributed by atoms with Gasteiger partial charge in [-0.05, 0) is 18.6 Å². The van der Waals surface area contributed by atoms with Crippen LogP contribution >= 0.6 is 0 Å². The zero-order valence-electron chi connectivity index (χ0n) is 12.3. The fourth-order valence-electron chi connectivity index (χ4n) is 2.51. The molecule has 3 rings (SSSR count). The van der Waals surface area contributed by atoms with Crippen LogP contribution in [0.3, 0.4) is 0 Å². The molecule has 3 aromatic rings. The van der Waals surface area contributed by atoms with Crippen molar-refractivity contribution in [1.29, 1.82) is 0 Å². The Bertz CT molecular complexity index is 785. The third-order valence-electron chi connectivity index (χ3n) is 3.72. The van der Waals surface area contributed by atoms with Crippen LogP contribution in [-0.2, 0) is 13.6 Å². The van der Waals surface area contributed by atoms with E-state index in [-0.39, 0.29) is 5.91 Å². The Morgan fingerprint density at radius 1 is 1.10 bits per heavy atom.